The zero-order valence-electron chi connectivity index (χ0n) is 10.2. The second-order valence-corrected chi connectivity index (χ2v) is 6.45. The minimum atomic E-state index is -3.64. The molecule has 7 nitrogen and oxygen atoms in total. The highest BCUT2D eigenvalue weighted by Crippen LogP contribution is 2.21. The van der Waals surface area contributed by atoms with Gasteiger partial charge in [0.1, 0.15) is 4.21 Å². The van der Waals surface area contributed by atoms with Gasteiger partial charge in [-0.15, -0.1) is 16.4 Å². The summed E-state index contributed by atoms with van der Waals surface area (Å²) in [7, 11) is -3.64. The molecule has 0 fully saturated rings. The molecule has 0 aliphatic heterocycles. The second-order valence-electron chi connectivity index (χ2n) is 3.63. The third kappa shape index (κ3) is 3.69. The molecular weight excluding hydrogens is 286 g/mol. The van der Waals surface area contributed by atoms with E-state index in [0.29, 0.717) is 6.54 Å². The van der Waals surface area contributed by atoms with Crippen molar-refractivity contribution in [3.63, 3.8) is 0 Å². The van der Waals surface area contributed by atoms with E-state index < -0.39 is 10.0 Å². The summed E-state index contributed by atoms with van der Waals surface area (Å²) in [5.41, 5.74) is 0.930. The van der Waals surface area contributed by atoms with Gasteiger partial charge in [-0.2, -0.15) is 5.10 Å². The predicted octanol–water partition coefficient (Wildman–Crippen LogP) is 0.843. The van der Waals surface area contributed by atoms with Gasteiger partial charge in [-0.05, 0) is 23.6 Å². The Labute approximate surface area is 115 Å². The van der Waals surface area contributed by atoms with E-state index in [0.717, 1.165) is 23.4 Å². The lowest BCUT2D eigenvalue weighted by Gasteiger charge is -2.02. The van der Waals surface area contributed by atoms with Gasteiger partial charge in [-0.1, -0.05) is 6.92 Å². The lowest BCUT2D eigenvalue weighted by molar-refractivity contribution is 0.602. The lowest BCUT2D eigenvalue weighted by Crippen LogP contribution is -2.14. The van der Waals surface area contributed by atoms with Crippen LogP contribution >= 0.6 is 11.3 Å². The van der Waals surface area contributed by atoms with Gasteiger partial charge >= 0.3 is 0 Å². The number of aromatic nitrogens is 3. The number of hydrogen-bond acceptors (Lipinski definition) is 7. The molecule has 2 aromatic rings. The summed E-state index contributed by atoms with van der Waals surface area (Å²) in [5.74, 6) is -0.0378. The van der Waals surface area contributed by atoms with Crippen molar-refractivity contribution in [2.75, 3.05) is 11.3 Å². The van der Waals surface area contributed by atoms with Crippen molar-refractivity contribution in [1.29, 1.82) is 0 Å². The molecule has 0 aliphatic carbocycles. The molecule has 9 heteroatoms. The summed E-state index contributed by atoms with van der Waals surface area (Å²) in [4.78, 5) is 3.77. The molecule has 0 spiro atoms. The van der Waals surface area contributed by atoms with E-state index in [4.69, 9.17) is 0 Å². The first-order valence-corrected chi connectivity index (χ1v) is 7.92. The molecule has 2 aromatic heterocycles. The second kappa shape index (κ2) is 6.04. The van der Waals surface area contributed by atoms with E-state index in [-0.39, 0.29) is 10.2 Å². The van der Waals surface area contributed by atoms with E-state index >= 15 is 0 Å². The van der Waals surface area contributed by atoms with Crippen molar-refractivity contribution in [2.24, 2.45) is 0 Å². The van der Waals surface area contributed by atoms with E-state index in [1.54, 1.807) is 11.4 Å². The maximum atomic E-state index is 12.1. The molecule has 0 aromatic carbocycles. The maximum absolute atomic E-state index is 12.1. The minimum Gasteiger partial charge on any atom is -0.313 e. The van der Waals surface area contributed by atoms with Crippen LogP contribution in [-0.2, 0) is 16.6 Å². The average molecular weight is 299 g/mol. The van der Waals surface area contributed by atoms with Crippen molar-refractivity contribution in [3.8, 4) is 0 Å². The number of sulfonamides is 1. The summed E-state index contributed by atoms with van der Waals surface area (Å²) in [6, 6.07) is 1.63. The highest BCUT2D eigenvalue weighted by atomic mass is 32.2. The Hall–Kier alpha value is -1.58. The maximum Gasteiger partial charge on any atom is 0.273 e. The zero-order chi connectivity index (χ0) is 13.7. The van der Waals surface area contributed by atoms with E-state index in [2.05, 4.69) is 25.2 Å². The number of nitrogens with one attached hydrogen (secondary N) is 2. The van der Waals surface area contributed by atoms with Crippen molar-refractivity contribution >= 4 is 27.3 Å². The van der Waals surface area contributed by atoms with Crippen LogP contribution in [0.2, 0.25) is 0 Å². The van der Waals surface area contributed by atoms with Crippen molar-refractivity contribution < 1.29 is 8.42 Å². The zero-order valence-corrected chi connectivity index (χ0v) is 11.8. The first-order chi connectivity index (χ1) is 9.12. The van der Waals surface area contributed by atoms with Crippen LogP contribution in [0.15, 0.2) is 28.0 Å². The van der Waals surface area contributed by atoms with Crippen molar-refractivity contribution in [3.05, 3.63) is 29.4 Å². The first-order valence-electron chi connectivity index (χ1n) is 5.56. The molecule has 0 unspecified atom stereocenters. The highest BCUT2D eigenvalue weighted by molar-refractivity contribution is 7.94. The Bertz CT molecular complexity index is 626. The molecule has 102 valence electrons. The molecule has 0 atom stereocenters. The Morgan fingerprint density at radius 2 is 2.21 bits per heavy atom. The fourth-order valence-electron chi connectivity index (χ4n) is 1.32. The minimum absolute atomic E-state index is 0.0378. The Morgan fingerprint density at radius 1 is 1.37 bits per heavy atom. The summed E-state index contributed by atoms with van der Waals surface area (Å²) < 4.78 is 26.6. The van der Waals surface area contributed by atoms with Crippen molar-refractivity contribution in [2.45, 2.75) is 17.7 Å². The van der Waals surface area contributed by atoms with Crippen LogP contribution in [0.3, 0.4) is 0 Å². The molecule has 0 saturated carbocycles. The number of hydrogen-bond donors (Lipinski definition) is 2. The van der Waals surface area contributed by atoms with Gasteiger partial charge in [-0.3, -0.25) is 0 Å². The molecule has 2 rings (SSSR count). The van der Waals surface area contributed by atoms with Gasteiger partial charge in [-0.25, -0.2) is 18.1 Å². The van der Waals surface area contributed by atoms with Crippen LogP contribution in [0, 0.1) is 0 Å². The van der Waals surface area contributed by atoms with E-state index in [1.807, 2.05) is 6.92 Å². The molecule has 0 radical (unpaired) electrons. The van der Waals surface area contributed by atoms with Gasteiger partial charge in [0.2, 0.25) is 0 Å². The summed E-state index contributed by atoms with van der Waals surface area (Å²) in [5, 5.41) is 12.1. The topological polar surface area (TPSA) is 96.9 Å². The molecule has 0 saturated heterocycles. The van der Waals surface area contributed by atoms with Gasteiger partial charge < -0.3 is 5.32 Å². The molecular formula is C10H13N5O2S2. The average Bonchev–Trinajstić information content (AvgIpc) is 2.86. The van der Waals surface area contributed by atoms with Crippen LogP contribution in [0.25, 0.3) is 0 Å². The number of anilines is 1. The number of thiophene rings is 1. The summed E-state index contributed by atoms with van der Waals surface area (Å²) in [6.45, 7) is 3.47. The summed E-state index contributed by atoms with van der Waals surface area (Å²) >= 11 is 1.16. The first kappa shape index (κ1) is 13.8. The third-order valence-corrected chi connectivity index (χ3v) is 5.00. The van der Waals surface area contributed by atoms with Gasteiger partial charge in [0.05, 0.1) is 12.4 Å². The predicted molar refractivity (Wildman–Crippen MR) is 72.3 cm³/mol. The van der Waals surface area contributed by atoms with Crippen LogP contribution < -0.4 is 10.0 Å². The lowest BCUT2D eigenvalue weighted by atomic mass is 10.3. The standard InChI is InChI=1S/C10H13N5O2S2/c1-2-11-6-8-5-9(18-7-8)19(16,17)15-10-12-3-4-13-14-10/h3-5,7,11H,2,6H2,1H3,(H,12,14,15). The smallest absolute Gasteiger partial charge is 0.273 e. The number of nitrogens with zero attached hydrogens (tertiary/aromatic N) is 3. The molecule has 0 bridgehead atoms. The monoisotopic (exact) mass is 299 g/mol. The molecule has 0 amide bonds. The van der Waals surface area contributed by atoms with Crippen molar-refractivity contribution in [1.82, 2.24) is 20.5 Å². The van der Waals surface area contributed by atoms with E-state index in [1.165, 1.54) is 12.4 Å². The van der Waals surface area contributed by atoms with Crippen LogP contribution in [0.5, 0.6) is 0 Å². The van der Waals surface area contributed by atoms with Gasteiger partial charge in [0, 0.05) is 6.54 Å². The SMILES string of the molecule is CCNCc1csc(S(=O)(=O)Nc2nccnn2)c1. The Morgan fingerprint density at radius 3 is 2.89 bits per heavy atom. The van der Waals surface area contributed by atoms with Crippen LogP contribution in [0.1, 0.15) is 12.5 Å². The molecule has 2 N–H and O–H groups in total. The highest BCUT2D eigenvalue weighted by Gasteiger charge is 2.18. The summed E-state index contributed by atoms with van der Waals surface area (Å²) in [6.07, 6.45) is 2.74. The fourth-order valence-corrected chi connectivity index (χ4v) is 3.48. The fraction of sp³-hybridized carbons (Fsp3) is 0.300. The van der Waals surface area contributed by atoms with E-state index in [9.17, 15) is 8.42 Å². The molecule has 19 heavy (non-hydrogen) atoms. The quantitative estimate of drug-likeness (QED) is 0.820. The number of rotatable bonds is 6. The van der Waals surface area contributed by atoms with Crippen LogP contribution in [0.4, 0.5) is 5.95 Å². The van der Waals surface area contributed by atoms with Gasteiger partial charge in [0.15, 0.2) is 0 Å². The van der Waals surface area contributed by atoms with Gasteiger partial charge in [0.25, 0.3) is 16.0 Å². The van der Waals surface area contributed by atoms with Crippen LogP contribution in [-0.4, -0.2) is 30.1 Å². The normalized spacial score (nSPS) is 11.4. The Kier molecular flexibility index (Phi) is 4.40. The molecule has 0 aliphatic rings. The largest absolute Gasteiger partial charge is 0.313 e. The molecule has 2 heterocycles. The third-order valence-electron chi connectivity index (χ3n) is 2.18. The Balaban J connectivity index is 2.13.